The van der Waals surface area contributed by atoms with E-state index in [9.17, 15) is 17.6 Å². The van der Waals surface area contributed by atoms with Crippen molar-refractivity contribution in [3.63, 3.8) is 0 Å². The Hall–Kier alpha value is -2.41. The lowest BCUT2D eigenvalue weighted by Gasteiger charge is -2.24. The van der Waals surface area contributed by atoms with Gasteiger partial charge in [0, 0.05) is 19.0 Å². The lowest BCUT2D eigenvalue weighted by Crippen LogP contribution is -2.31. The van der Waals surface area contributed by atoms with Crippen LogP contribution in [0.25, 0.3) is 0 Å². The van der Waals surface area contributed by atoms with Crippen LogP contribution in [-0.2, 0) is 14.8 Å². The zero-order chi connectivity index (χ0) is 18.2. The van der Waals surface area contributed by atoms with Gasteiger partial charge in [0.05, 0.1) is 16.3 Å². The monoisotopic (exact) mass is 362 g/mol. The molecule has 3 rings (SSSR count). The lowest BCUT2D eigenvalue weighted by molar-refractivity contribution is -0.116. The molecule has 0 heterocycles. The first-order valence-corrected chi connectivity index (χ1v) is 9.46. The predicted molar refractivity (Wildman–Crippen MR) is 94.6 cm³/mol. The number of nitrogens with zero attached hydrogens (tertiary/aromatic N) is 1. The van der Waals surface area contributed by atoms with Crippen LogP contribution in [0.2, 0.25) is 0 Å². The summed E-state index contributed by atoms with van der Waals surface area (Å²) in [5.74, 6) is -0.781. The molecule has 1 fully saturated rings. The molecule has 25 heavy (non-hydrogen) atoms. The lowest BCUT2D eigenvalue weighted by atomic mass is 10.2. The van der Waals surface area contributed by atoms with Crippen LogP contribution < -0.4 is 9.62 Å². The molecule has 1 N–H and O–H groups in total. The van der Waals surface area contributed by atoms with Crippen LogP contribution in [0.15, 0.2) is 47.4 Å². The quantitative estimate of drug-likeness (QED) is 0.886. The van der Waals surface area contributed by atoms with E-state index in [1.54, 1.807) is 25.1 Å². The van der Waals surface area contributed by atoms with Crippen LogP contribution >= 0.6 is 0 Å². The second-order valence-electron chi connectivity index (χ2n) is 6.15. The molecule has 2 aromatic carbocycles. The molecule has 5 nitrogen and oxygen atoms in total. The number of benzene rings is 2. The first-order chi connectivity index (χ1) is 11.8. The maximum atomic E-state index is 13.7. The highest BCUT2D eigenvalue weighted by Gasteiger charge is 2.34. The number of nitrogens with one attached hydrogen (secondary N) is 1. The Kier molecular flexibility index (Phi) is 4.51. The topological polar surface area (TPSA) is 66.5 Å². The van der Waals surface area contributed by atoms with Gasteiger partial charge >= 0.3 is 0 Å². The first kappa shape index (κ1) is 17.4. The summed E-state index contributed by atoms with van der Waals surface area (Å²) in [4.78, 5) is 13.6. The van der Waals surface area contributed by atoms with E-state index in [-0.39, 0.29) is 22.5 Å². The molecule has 0 radical (unpaired) electrons. The van der Waals surface area contributed by atoms with Crippen LogP contribution in [0.1, 0.15) is 25.3 Å². The summed E-state index contributed by atoms with van der Waals surface area (Å²) in [5.41, 5.74) is 1.01. The van der Waals surface area contributed by atoms with Gasteiger partial charge < -0.3 is 4.90 Å². The molecular weight excluding hydrogens is 343 g/mol. The number of anilines is 2. The molecule has 0 aromatic heterocycles. The number of carbonyl (C=O) groups is 1. The van der Waals surface area contributed by atoms with Gasteiger partial charge in [-0.3, -0.25) is 9.52 Å². The number of sulfonamides is 1. The average Bonchev–Trinajstić information content (AvgIpc) is 3.34. The summed E-state index contributed by atoms with van der Waals surface area (Å²) in [6.45, 7) is 3.11. The zero-order valence-corrected chi connectivity index (χ0v) is 14.8. The minimum absolute atomic E-state index is 0.0321. The third kappa shape index (κ3) is 3.66. The zero-order valence-electron chi connectivity index (χ0n) is 14.0. The van der Waals surface area contributed by atoms with Gasteiger partial charge in [0.25, 0.3) is 10.0 Å². The fourth-order valence-corrected chi connectivity index (χ4v) is 4.13. The molecule has 132 valence electrons. The fourth-order valence-electron chi connectivity index (χ4n) is 2.81. The molecule has 1 amide bonds. The molecule has 1 aliphatic carbocycles. The molecule has 0 bridgehead atoms. The molecule has 0 unspecified atom stereocenters. The van der Waals surface area contributed by atoms with Gasteiger partial charge in [-0.2, -0.15) is 0 Å². The second-order valence-corrected chi connectivity index (χ2v) is 7.80. The van der Waals surface area contributed by atoms with Gasteiger partial charge in [0.15, 0.2) is 0 Å². The summed E-state index contributed by atoms with van der Waals surface area (Å²) in [7, 11) is -3.90. The molecule has 0 aliphatic heterocycles. The van der Waals surface area contributed by atoms with E-state index in [1.807, 2.05) is 0 Å². The smallest absolute Gasteiger partial charge is 0.262 e. The van der Waals surface area contributed by atoms with E-state index < -0.39 is 15.8 Å². The van der Waals surface area contributed by atoms with Crippen molar-refractivity contribution in [2.75, 3.05) is 9.62 Å². The second kappa shape index (κ2) is 6.48. The number of carbonyl (C=O) groups excluding carboxylic acids is 1. The summed E-state index contributed by atoms with van der Waals surface area (Å²) in [5, 5.41) is 0. The fraction of sp³-hybridized carbons (Fsp3) is 0.278. The van der Waals surface area contributed by atoms with Gasteiger partial charge in [-0.15, -0.1) is 0 Å². The highest BCUT2D eigenvalue weighted by atomic mass is 32.2. The van der Waals surface area contributed by atoms with Gasteiger partial charge in [0.2, 0.25) is 5.91 Å². The van der Waals surface area contributed by atoms with E-state index >= 15 is 0 Å². The normalized spacial score (nSPS) is 14.2. The molecule has 1 aliphatic rings. The number of amides is 1. The van der Waals surface area contributed by atoms with Crippen LogP contribution in [0.4, 0.5) is 15.8 Å². The van der Waals surface area contributed by atoms with Gasteiger partial charge in [0.1, 0.15) is 5.82 Å². The number of halogens is 1. The van der Waals surface area contributed by atoms with E-state index in [1.165, 1.54) is 30.0 Å². The van der Waals surface area contributed by atoms with E-state index in [0.717, 1.165) is 18.9 Å². The summed E-state index contributed by atoms with van der Waals surface area (Å²) in [6.07, 6.45) is 1.70. The largest absolute Gasteiger partial charge is 0.308 e. The van der Waals surface area contributed by atoms with Crippen LogP contribution in [0.3, 0.4) is 0 Å². The summed E-state index contributed by atoms with van der Waals surface area (Å²) in [6, 6.07) is 10.3. The average molecular weight is 362 g/mol. The third-order valence-corrected chi connectivity index (χ3v) is 5.62. The first-order valence-electron chi connectivity index (χ1n) is 7.97. The van der Waals surface area contributed by atoms with Crippen molar-refractivity contribution >= 4 is 27.3 Å². The number of rotatable bonds is 5. The Bertz CT molecular complexity index is 924. The molecule has 0 atom stereocenters. The summed E-state index contributed by atoms with van der Waals surface area (Å²) < 4.78 is 41.6. The molecule has 0 saturated heterocycles. The van der Waals surface area contributed by atoms with Crippen LogP contribution in [-0.4, -0.2) is 20.4 Å². The Labute approximate surface area is 146 Å². The Balaban J connectivity index is 2.04. The predicted octanol–water partition coefficient (Wildman–Crippen LogP) is 3.45. The summed E-state index contributed by atoms with van der Waals surface area (Å²) >= 11 is 0. The van der Waals surface area contributed by atoms with E-state index in [0.29, 0.717) is 11.3 Å². The van der Waals surface area contributed by atoms with Crippen molar-refractivity contribution in [1.29, 1.82) is 0 Å². The van der Waals surface area contributed by atoms with Crippen molar-refractivity contribution in [2.45, 2.75) is 37.6 Å². The van der Waals surface area contributed by atoms with Gasteiger partial charge in [-0.25, -0.2) is 12.8 Å². The number of hydrogen-bond acceptors (Lipinski definition) is 3. The van der Waals surface area contributed by atoms with Crippen LogP contribution in [0, 0.1) is 12.7 Å². The Morgan fingerprint density at radius 3 is 2.48 bits per heavy atom. The Morgan fingerprint density at radius 2 is 1.88 bits per heavy atom. The maximum absolute atomic E-state index is 13.7. The van der Waals surface area contributed by atoms with Gasteiger partial charge in [-0.1, -0.05) is 18.2 Å². The number of hydrogen-bond donors (Lipinski definition) is 1. The highest BCUT2D eigenvalue weighted by Crippen LogP contribution is 2.37. The van der Waals surface area contributed by atoms with Crippen LogP contribution in [0.5, 0.6) is 0 Å². The molecule has 7 heteroatoms. The third-order valence-electron chi connectivity index (χ3n) is 4.10. The molecule has 0 spiro atoms. The molecule has 1 saturated carbocycles. The highest BCUT2D eigenvalue weighted by molar-refractivity contribution is 7.92. The van der Waals surface area contributed by atoms with Crippen molar-refractivity contribution in [3.8, 4) is 0 Å². The Morgan fingerprint density at radius 1 is 1.20 bits per heavy atom. The maximum Gasteiger partial charge on any atom is 0.262 e. The van der Waals surface area contributed by atoms with Gasteiger partial charge in [-0.05, 0) is 43.5 Å². The van der Waals surface area contributed by atoms with E-state index in [2.05, 4.69) is 4.72 Å². The molecule has 2 aromatic rings. The van der Waals surface area contributed by atoms with Crippen molar-refractivity contribution < 1.29 is 17.6 Å². The number of aryl methyl sites for hydroxylation is 1. The van der Waals surface area contributed by atoms with Crippen molar-refractivity contribution in [1.82, 2.24) is 0 Å². The standard InChI is InChI=1S/C18H19FN2O3S/c1-12-5-3-4-6-18(12)25(23,24)20-16-11-14(19)7-10-17(16)21(13(2)22)15-8-9-15/h3-7,10-11,15,20H,8-9H2,1-2H3. The molecular formula is C18H19FN2O3S. The van der Waals surface area contributed by atoms with Crippen molar-refractivity contribution in [2.24, 2.45) is 0 Å². The minimum atomic E-state index is -3.90. The SMILES string of the molecule is CC(=O)N(c1ccc(F)cc1NS(=O)(=O)c1ccccc1C)C1CC1. The minimum Gasteiger partial charge on any atom is -0.308 e. The van der Waals surface area contributed by atoms with E-state index in [4.69, 9.17) is 0 Å². The van der Waals surface area contributed by atoms with Crippen molar-refractivity contribution in [3.05, 3.63) is 53.8 Å².